The second kappa shape index (κ2) is 6.94. The fourth-order valence-electron chi connectivity index (χ4n) is 2.34. The van der Waals surface area contributed by atoms with E-state index in [-0.39, 0.29) is 0 Å². The molecule has 6 nitrogen and oxygen atoms in total. The van der Waals surface area contributed by atoms with Crippen molar-refractivity contribution in [3.8, 4) is 0 Å². The van der Waals surface area contributed by atoms with E-state index < -0.39 is 6.09 Å². The van der Waals surface area contributed by atoms with Gasteiger partial charge in [0.15, 0.2) is 0 Å². The van der Waals surface area contributed by atoms with E-state index in [1.807, 2.05) is 24.5 Å². The van der Waals surface area contributed by atoms with E-state index >= 15 is 0 Å². The second-order valence-electron chi connectivity index (χ2n) is 4.65. The zero-order chi connectivity index (χ0) is 13.5. The van der Waals surface area contributed by atoms with Gasteiger partial charge in [0, 0.05) is 50.3 Å². The van der Waals surface area contributed by atoms with E-state index in [9.17, 15) is 4.79 Å². The van der Waals surface area contributed by atoms with Gasteiger partial charge in [-0.15, -0.1) is 0 Å². The fraction of sp³-hybridized carbons (Fsp3) is 0.538. The zero-order valence-corrected chi connectivity index (χ0v) is 10.9. The molecule has 0 saturated carbocycles. The largest absolute Gasteiger partial charge is 0.465 e. The first kappa shape index (κ1) is 13.6. The maximum absolute atomic E-state index is 10.3. The number of carbonyl (C=O) groups is 1. The number of rotatable bonds is 5. The summed E-state index contributed by atoms with van der Waals surface area (Å²) < 4.78 is 0. The van der Waals surface area contributed by atoms with E-state index in [0.29, 0.717) is 19.1 Å². The first-order valence-corrected chi connectivity index (χ1v) is 6.61. The van der Waals surface area contributed by atoms with Gasteiger partial charge in [0.2, 0.25) is 0 Å². The number of anilines is 1. The van der Waals surface area contributed by atoms with Gasteiger partial charge in [-0.05, 0) is 25.0 Å². The summed E-state index contributed by atoms with van der Waals surface area (Å²) in [5, 5.41) is 14.2. The van der Waals surface area contributed by atoms with Crippen LogP contribution in [-0.4, -0.2) is 48.4 Å². The third kappa shape index (κ3) is 4.40. The maximum atomic E-state index is 10.3. The molecule has 0 unspecified atom stereocenters. The third-order valence-corrected chi connectivity index (χ3v) is 3.36. The van der Waals surface area contributed by atoms with Crippen LogP contribution < -0.4 is 15.5 Å². The predicted molar refractivity (Wildman–Crippen MR) is 73.5 cm³/mol. The van der Waals surface area contributed by atoms with Crippen LogP contribution in [0.5, 0.6) is 0 Å². The van der Waals surface area contributed by atoms with Crippen molar-refractivity contribution in [3.63, 3.8) is 0 Å². The lowest BCUT2D eigenvalue weighted by atomic mass is 10.0. The highest BCUT2D eigenvalue weighted by atomic mass is 16.4. The summed E-state index contributed by atoms with van der Waals surface area (Å²) in [5.41, 5.74) is 1.22. The van der Waals surface area contributed by atoms with Crippen LogP contribution in [0.3, 0.4) is 0 Å². The van der Waals surface area contributed by atoms with Crippen LogP contribution in [0.25, 0.3) is 0 Å². The number of amides is 1. The molecule has 1 saturated heterocycles. The van der Waals surface area contributed by atoms with Gasteiger partial charge in [-0.2, -0.15) is 0 Å². The van der Waals surface area contributed by atoms with Crippen molar-refractivity contribution in [1.29, 1.82) is 0 Å². The second-order valence-corrected chi connectivity index (χ2v) is 4.65. The van der Waals surface area contributed by atoms with Crippen LogP contribution in [0.15, 0.2) is 24.5 Å². The molecule has 0 aliphatic carbocycles. The molecule has 2 heterocycles. The molecule has 0 spiro atoms. The molecule has 104 valence electrons. The Kier molecular flexibility index (Phi) is 4.97. The molecule has 1 aliphatic rings. The van der Waals surface area contributed by atoms with Crippen molar-refractivity contribution in [3.05, 3.63) is 24.5 Å². The molecule has 1 amide bonds. The highest BCUT2D eigenvalue weighted by molar-refractivity contribution is 5.64. The maximum Gasteiger partial charge on any atom is 0.404 e. The van der Waals surface area contributed by atoms with Crippen LogP contribution in [0, 0.1) is 0 Å². The van der Waals surface area contributed by atoms with Crippen molar-refractivity contribution in [2.45, 2.75) is 18.9 Å². The molecule has 2 rings (SSSR count). The molecule has 0 bridgehead atoms. The minimum Gasteiger partial charge on any atom is -0.465 e. The van der Waals surface area contributed by atoms with Gasteiger partial charge in [-0.25, -0.2) is 4.79 Å². The monoisotopic (exact) mass is 264 g/mol. The van der Waals surface area contributed by atoms with Crippen LogP contribution in [0.2, 0.25) is 0 Å². The van der Waals surface area contributed by atoms with Gasteiger partial charge in [0.25, 0.3) is 0 Å². The van der Waals surface area contributed by atoms with Crippen molar-refractivity contribution < 1.29 is 9.90 Å². The summed E-state index contributed by atoms with van der Waals surface area (Å²) in [4.78, 5) is 16.7. The average Bonchev–Trinajstić information content (AvgIpc) is 2.45. The van der Waals surface area contributed by atoms with Crippen molar-refractivity contribution >= 4 is 11.8 Å². The van der Waals surface area contributed by atoms with Crippen molar-refractivity contribution in [2.75, 3.05) is 31.1 Å². The number of carboxylic acid groups (broad SMARTS) is 1. The number of nitrogens with one attached hydrogen (secondary N) is 2. The van der Waals surface area contributed by atoms with Gasteiger partial charge in [0.05, 0.1) is 0 Å². The molecule has 1 aromatic heterocycles. The van der Waals surface area contributed by atoms with Gasteiger partial charge in [-0.1, -0.05) is 0 Å². The highest BCUT2D eigenvalue weighted by Gasteiger charge is 2.18. The van der Waals surface area contributed by atoms with E-state index in [4.69, 9.17) is 5.11 Å². The highest BCUT2D eigenvalue weighted by Crippen LogP contribution is 2.18. The number of hydrogen-bond acceptors (Lipinski definition) is 4. The van der Waals surface area contributed by atoms with Crippen molar-refractivity contribution in [2.24, 2.45) is 0 Å². The molecular formula is C13H20N4O2. The molecule has 1 aliphatic heterocycles. The lowest BCUT2D eigenvalue weighted by molar-refractivity contribution is 0.194. The first-order valence-electron chi connectivity index (χ1n) is 6.61. The van der Waals surface area contributed by atoms with Gasteiger partial charge in [-0.3, -0.25) is 4.98 Å². The molecular weight excluding hydrogens is 244 g/mol. The summed E-state index contributed by atoms with van der Waals surface area (Å²) in [5.74, 6) is 0. The quantitative estimate of drug-likeness (QED) is 0.689. The number of pyridine rings is 1. The first-order chi connectivity index (χ1) is 9.25. The third-order valence-electron chi connectivity index (χ3n) is 3.36. The lowest BCUT2D eigenvalue weighted by Crippen LogP contribution is -2.44. The molecule has 6 heteroatoms. The SMILES string of the molecule is O=C(O)NCCNC1CCN(c2ccncc2)CC1. The molecule has 1 aromatic rings. The summed E-state index contributed by atoms with van der Waals surface area (Å²) in [7, 11) is 0. The summed E-state index contributed by atoms with van der Waals surface area (Å²) in [6.45, 7) is 3.19. The Morgan fingerprint density at radius 3 is 2.63 bits per heavy atom. The number of piperidine rings is 1. The standard InChI is InChI=1S/C13H20N4O2/c18-13(19)16-8-7-15-11-3-9-17(10-4-11)12-1-5-14-6-2-12/h1-2,5-6,11,15-16H,3-4,7-10H2,(H,18,19). The number of aromatic nitrogens is 1. The Balaban J connectivity index is 1.67. The van der Waals surface area contributed by atoms with E-state index in [0.717, 1.165) is 25.9 Å². The molecule has 0 atom stereocenters. The van der Waals surface area contributed by atoms with Crippen LogP contribution >= 0.6 is 0 Å². The Bertz CT molecular complexity index is 391. The van der Waals surface area contributed by atoms with Gasteiger partial charge >= 0.3 is 6.09 Å². The molecule has 0 radical (unpaired) electrons. The normalized spacial score (nSPS) is 16.3. The minimum absolute atomic E-state index is 0.458. The van der Waals surface area contributed by atoms with Crippen LogP contribution in [-0.2, 0) is 0 Å². The fourth-order valence-corrected chi connectivity index (χ4v) is 2.34. The number of nitrogens with zero attached hydrogens (tertiary/aromatic N) is 2. The van der Waals surface area contributed by atoms with Crippen molar-refractivity contribution in [1.82, 2.24) is 15.6 Å². The topological polar surface area (TPSA) is 77.5 Å². The minimum atomic E-state index is -0.964. The van der Waals surface area contributed by atoms with E-state index in [1.54, 1.807) is 0 Å². The Hall–Kier alpha value is -1.82. The van der Waals surface area contributed by atoms with Gasteiger partial charge < -0.3 is 20.6 Å². The molecule has 1 fully saturated rings. The van der Waals surface area contributed by atoms with Gasteiger partial charge in [0.1, 0.15) is 0 Å². The molecule has 19 heavy (non-hydrogen) atoms. The van der Waals surface area contributed by atoms with Crippen LogP contribution in [0.4, 0.5) is 10.5 Å². The zero-order valence-electron chi connectivity index (χ0n) is 10.9. The Morgan fingerprint density at radius 2 is 2.00 bits per heavy atom. The van der Waals surface area contributed by atoms with Crippen LogP contribution in [0.1, 0.15) is 12.8 Å². The molecule has 0 aromatic carbocycles. The predicted octanol–water partition coefficient (Wildman–Crippen LogP) is 0.908. The summed E-state index contributed by atoms with van der Waals surface area (Å²) in [6.07, 6.45) is 4.83. The summed E-state index contributed by atoms with van der Waals surface area (Å²) >= 11 is 0. The number of hydrogen-bond donors (Lipinski definition) is 3. The Labute approximate surface area is 112 Å². The van der Waals surface area contributed by atoms with E-state index in [2.05, 4.69) is 20.5 Å². The smallest absolute Gasteiger partial charge is 0.404 e. The van der Waals surface area contributed by atoms with E-state index in [1.165, 1.54) is 5.69 Å². The Morgan fingerprint density at radius 1 is 1.32 bits per heavy atom. The lowest BCUT2D eigenvalue weighted by Gasteiger charge is -2.34. The summed E-state index contributed by atoms with van der Waals surface area (Å²) in [6, 6.07) is 4.54. The average molecular weight is 264 g/mol. The molecule has 3 N–H and O–H groups in total.